The summed E-state index contributed by atoms with van der Waals surface area (Å²) in [6.45, 7) is 15.7. The Morgan fingerprint density at radius 3 is 2.44 bits per heavy atom. The third-order valence-corrected chi connectivity index (χ3v) is 20.0. The summed E-state index contributed by atoms with van der Waals surface area (Å²) in [5.41, 5.74) is 7.74. The fourth-order valence-corrected chi connectivity index (χ4v) is 15.0. The molecule has 4 aromatic heterocycles. The van der Waals surface area contributed by atoms with E-state index in [1.807, 2.05) is 88.4 Å². The summed E-state index contributed by atoms with van der Waals surface area (Å²) in [4.78, 5) is 69.8. The highest BCUT2D eigenvalue weighted by atomic mass is 32.1. The largest absolute Gasteiger partial charge is 0.476 e. The zero-order valence-corrected chi connectivity index (χ0v) is 53.9. The van der Waals surface area contributed by atoms with Gasteiger partial charge < -0.3 is 55.2 Å². The molecular formula is C66H90N15O6S+. The predicted molar refractivity (Wildman–Crippen MR) is 346 cm³/mol. The summed E-state index contributed by atoms with van der Waals surface area (Å²) >= 11 is 1.56. The first-order valence-corrected chi connectivity index (χ1v) is 32.0. The summed E-state index contributed by atoms with van der Waals surface area (Å²) in [6.07, 6.45) is 14.7. The molecule has 22 heteroatoms. The van der Waals surface area contributed by atoms with E-state index in [1.165, 1.54) is 4.90 Å². The lowest BCUT2D eigenvalue weighted by Gasteiger charge is -2.37. The Hall–Kier alpha value is -7.21. The van der Waals surface area contributed by atoms with Gasteiger partial charge in [-0.05, 0) is 152 Å². The molecule has 6 heterocycles. The van der Waals surface area contributed by atoms with Crippen molar-refractivity contribution < 1.29 is 33.5 Å². The number of rotatable bonds is 26. The molecule has 5 atom stereocenters. The first-order valence-electron chi connectivity index (χ1n) is 31.2. The van der Waals surface area contributed by atoms with Crippen molar-refractivity contribution in [2.75, 3.05) is 110 Å². The molecule has 0 spiro atoms. The lowest BCUT2D eigenvalue weighted by atomic mass is 9.75. The van der Waals surface area contributed by atoms with Crippen LogP contribution in [0.3, 0.4) is 0 Å². The Balaban J connectivity index is 0.807. The van der Waals surface area contributed by atoms with Crippen molar-refractivity contribution in [2.24, 2.45) is 16.7 Å². The number of hydrogen-bond donors (Lipinski definition) is 5. The van der Waals surface area contributed by atoms with Crippen LogP contribution in [-0.2, 0) is 45.2 Å². The van der Waals surface area contributed by atoms with Gasteiger partial charge in [0.05, 0.1) is 61.3 Å². The van der Waals surface area contributed by atoms with Crippen molar-refractivity contribution in [3.63, 3.8) is 0 Å². The second-order valence-electron chi connectivity index (χ2n) is 26.1. The number of hydrogen-bond acceptors (Lipinski definition) is 16. The number of likely N-dealkylation sites (tertiary alicyclic amines) is 1. The number of carboxylic acid groups (broad SMARTS) is 1. The number of aromatic carboxylic acids is 1. The molecule has 21 nitrogen and oxygen atoms in total. The Bertz CT molecular complexity index is 3510. The summed E-state index contributed by atoms with van der Waals surface area (Å²) in [5, 5.41) is 38.6. The van der Waals surface area contributed by atoms with Crippen molar-refractivity contribution in [1.29, 1.82) is 0 Å². The van der Waals surface area contributed by atoms with E-state index < -0.39 is 5.97 Å². The van der Waals surface area contributed by atoms with Crippen LogP contribution in [0, 0.1) is 30.6 Å². The Morgan fingerprint density at radius 1 is 0.909 bits per heavy atom. The normalized spacial score (nSPS) is 20.7. The number of anilines is 5. The molecule has 5 N–H and O–H groups in total. The highest BCUT2D eigenvalue weighted by Gasteiger charge is 2.51. The van der Waals surface area contributed by atoms with Gasteiger partial charge in [0.25, 0.3) is 0 Å². The zero-order chi connectivity index (χ0) is 62.5. The number of quaternary nitrogens is 1. The molecule has 0 radical (unpaired) electrons. The van der Waals surface area contributed by atoms with Gasteiger partial charge in [0.2, 0.25) is 17.7 Å². The van der Waals surface area contributed by atoms with Crippen molar-refractivity contribution >= 4 is 73.5 Å². The number of carboxylic acids is 1. The SMILES string of the molecule is CNCCCC(NC)C(=O)Nc1ccc(C[N+]2(CCOC3C=CC4(C)CC(Cn5ncc(-c6ccc(N7CCCc8c7nnc(Nc7nc9ccccc9s7)c8C)nc6C(=O)O)c5C)C(C)(C3)C4)CCCC2)c(CN(C)C(=O)CN(C)C(=O)CN(C)C)c1. The molecule has 470 valence electrons. The number of benzene rings is 2. The van der Waals surface area contributed by atoms with Crippen molar-refractivity contribution in [3.05, 3.63) is 107 Å². The van der Waals surface area contributed by atoms with Gasteiger partial charge in [-0.2, -0.15) is 5.10 Å². The molecule has 88 heavy (non-hydrogen) atoms. The third-order valence-electron chi connectivity index (χ3n) is 19.0. The first kappa shape index (κ1) is 63.8. The van der Waals surface area contributed by atoms with E-state index >= 15 is 0 Å². The number of nitrogens with one attached hydrogen (secondary N) is 4. The fraction of sp³-hybridized carbons (Fsp3) is 0.530. The molecule has 2 aliphatic carbocycles. The van der Waals surface area contributed by atoms with Crippen LogP contribution in [0.2, 0.25) is 0 Å². The van der Waals surface area contributed by atoms with Crippen LogP contribution in [0.1, 0.15) is 104 Å². The first-order chi connectivity index (χ1) is 42.2. The van der Waals surface area contributed by atoms with Gasteiger partial charge >= 0.3 is 5.97 Å². The second kappa shape index (κ2) is 27.3. The number of ether oxygens (including phenoxy) is 1. The number of carbonyl (C=O) groups is 4. The van der Waals surface area contributed by atoms with Gasteiger partial charge in [-0.25, -0.2) is 14.8 Å². The summed E-state index contributed by atoms with van der Waals surface area (Å²) in [5.74, 6) is 0.604. The van der Waals surface area contributed by atoms with Crippen LogP contribution < -0.4 is 26.2 Å². The van der Waals surface area contributed by atoms with Crippen molar-refractivity contribution in [2.45, 2.75) is 117 Å². The van der Waals surface area contributed by atoms with Gasteiger partial charge in [0.1, 0.15) is 18.9 Å². The number of nitrogens with zero attached hydrogens (tertiary/aromatic N) is 11. The maximum atomic E-state index is 13.7. The Kier molecular flexibility index (Phi) is 19.8. The van der Waals surface area contributed by atoms with Crippen LogP contribution in [0.25, 0.3) is 21.3 Å². The van der Waals surface area contributed by atoms with Gasteiger partial charge in [-0.15, -0.1) is 10.2 Å². The van der Waals surface area contributed by atoms with Crippen LogP contribution in [0.5, 0.6) is 0 Å². The van der Waals surface area contributed by atoms with E-state index in [1.54, 1.807) is 48.5 Å². The summed E-state index contributed by atoms with van der Waals surface area (Å²) in [6, 6.07) is 17.5. The number of carbonyl (C=O) groups excluding carboxylic acids is 3. The van der Waals surface area contributed by atoms with E-state index in [4.69, 9.17) is 24.9 Å². The number of fused-ring (bicyclic) bond motifs is 4. The molecule has 2 fully saturated rings. The average Bonchev–Trinajstić information content (AvgIpc) is 2.60. The summed E-state index contributed by atoms with van der Waals surface area (Å²) < 4.78 is 11.0. The number of thiazole rings is 1. The third kappa shape index (κ3) is 14.4. The van der Waals surface area contributed by atoms with Crippen LogP contribution in [0.15, 0.2) is 72.9 Å². The topological polar surface area (TPSA) is 228 Å². The number of para-hydroxylation sites is 1. The van der Waals surface area contributed by atoms with Gasteiger partial charge in [-0.3, -0.25) is 19.1 Å². The van der Waals surface area contributed by atoms with E-state index in [0.29, 0.717) is 61.4 Å². The standard InChI is InChI=1S/C66H89N15O6S/c1-43-50-17-16-28-79(61(50)75-74-60(43)73-64-71-53-18-11-12-20-55(53)88-64)56-24-23-51(59(72-56)63(85)86)52-36-69-80(44(52)2)38-47-34-65(3)26-25-49(35-66(47,4)42-65)87-32-31-81(29-13-14-30-81)41-45-21-22-48(70-62(84)54(68-6)19-15-27-67-5)33-46(45)37-77(9)58(83)40-78(10)57(82)39-76(7)8/h11-12,18,20-26,33,36,47,49,54,67-68H,13-17,19,27-32,34-35,37-42H2,1-10H3,(H2-,70,71,73,74,84,85,86)/p+1. The van der Waals surface area contributed by atoms with Gasteiger partial charge in [-0.1, -0.05) is 55.5 Å². The van der Waals surface area contributed by atoms with Crippen molar-refractivity contribution in [3.8, 4) is 11.1 Å². The maximum absolute atomic E-state index is 13.7. The van der Waals surface area contributed by atoms with E-state index in [0.717, 1.165) is 137 Å². The van der Waals surface area contributed by atoms with Crippen LogP contribution in [0.4, 0.5) is 28.3 Å². The van der Waals surface area contributed by atoms with Crippen LogP contribution in [-0.4, -0.2) is 185 Å². The van der Waals surface area contributed by atoms with Gasteiger partial charge in [0.15, 0.2) is 22.5 Å². The van der Waals surface area contributed by atoms with Crippen LogP contribution >= 0.6 is 11.3 Å². The lowest BCUT2D eigenvalue weighted by Crippen LogP contribution is -2.47. The van der Waals surface area contributed by atoms with E-state index in [9.17, 15) is 24.3 Å². The predicted octanol–water partition coefficient (Wildman–Crippen LogP) is 8.57. The molecule has 6 aromatic rings. The summed E-state index contributed by atoms with van der Waals surface area (Å²) in [7, 11) is 10.8. The minimum Gasteiger partial charge on any atom is -0.476 e. The minimum atomic E-state index is -1.11. The molecule has 3 amide bonds. The van der Waals surface area contributed by atoms with E-state index in [2.05, 4.69) is 63.1 Å². The fourth-order valence-electron chi connectivity index (χ4n) is 14.1. The van der Waals surface area contributed by atoms with E-state index in [-0.39, 0.29) is 65.4 Å². The molecule has 5 unspecified atom stereocenters. The van der Waals surface area contributed by atoms with Crippen molar-refractivity contribution in [1.82, 2.24) is 55.3 Å². The molecule has 2 aliphatic heterocycles. The number of amides is 3. The number of pyridine rings is 1. The lowest BCUT2D eigenvalue weighted by molar-refractivity contribution is -0.930. The average molecular weight is 1220 g/mol. The number of allylic oxidation sites excluding steroid dienone is 1. The molecule has 2 aromatic carbocycles. The molecule has 1 saturated carbocycles. The highest BCUT2D eigenvalue weighted by molar-refractivity contribution is 7.22. The Morgan fingerprint density at radius 2 is 1.69 bits per heavy atom. The molecule has 4 aliphatic rings. The highest BCUT2D eigenvalue weighted by Crippen LogP contribution is 2.58. The Labute approximate surface area is 521 Å². The molecule has 10 rings (SSSR count). The smallest absolute Gasteiger partial charge is 0.355 e. The minimum absolute atomic E-state index is 0.0148. The molecule has 1 saturated heterocycles. The zero-order valence-electron chi connectivity index (χ0n) is 53.1. The van der Waals surface area contributed by atoms with Gasteiger partial charge in [0, 0.05) is 85.8 Å². The monoisotopic (exact) mass is 1220 g/mol. The second-order valence-corrected chi connectivity index (χ2v) is 27.1. The quantitative estimate of drug-likeness (QED) is 0.0195. The molecular weight excluding hydrogens is 1130 g/mol. The molecule has 2 bridgehead atoms. The number of likely N-dealkylation sites (N-methyl/N-ethyl adjacent to an activating group) is 4. The maximum Gasteiger partial charge on any atom is 0.355 e. The number of aromatic nitrogens is 6.